The molecule has 2 heteroatoms. The molecule has 2 aromatic rings. The molecule has 0 atom stereocenters. The number of nitriles is 1. The number of aryl methyl sites for hydroxylation is 1. The maximum absolute atomic E-state index is 8.92. The number of benzene rings is 2. The molecule has 0 N–H and O–H groups in total. The van der Waals surface area contributed by atoms with Crippen molar-refractivity contribution < 1.29 is 0 Å². The van der Waals surface area contributed by atoms with Crippen molar-refractivity contribution in [2.45, 2.75) is 6.92 Å². The highest BCUT2D eigenvalue weighted by Crippen LogP contribution is 2.24. The lowest BCUT2D eigenvalue weighted by Gasteiger charge is -2.21. The van der Waals surface area contributed by atoms with Crippen molar-refractivity contribution in [3.8, 4) is 6.07 Å². The number of hydrogen-bond donors (Lipinski definition) is 0. The fourth-order valence-corrected chi connectivity index (χ4v) is 1.74. The monoisotopic (exact) mass is 222 g/mol. The second-order valence-corrected chi connectivity index (χ2v) is 3.92. The van der Waals surface area contributed by atoms with E-state index in [9.17, 15) is 0 Å². The van der Waals surface area contributed by atoms with E-state index in [2.05, 4.69) is 25.1 Å². The first kappa shape index (κ1) is 11.2. The minimum absolute atomic E-state index is 0.354. The van der Waals surface area contributed by atoms with Crippen LogP contribution in [-0.2, 0) is 0 Å². The third-order valence-corrected chi connectivity index (χ3v) is 2.64. The Morgan fingerprint density at radius 1 is 0.941 bits per heavy atom. The average molecular weight is 222 g/mol. The van der Waals surface area contributed by atoms with E-state index in [1.807, 2.05) is 47.4 Å². The normalized spacial score (nSPS) is 9.65. The molecular formula is C15H14N2. The van der Waals surface area contributed by atoms with Gasteiger partial charge in [0.2, 0.25) is 0 Å². The molecular weight excluding hydrogens is 208 g/mol. The molecule has 0 saturated carbocycles. The van der Waals surface area contributed by atoms with Gasteiger partial charge in [-0.25, -0.2) is 0 Å². The van der Waals surface area contributed by atoms with Crippen LogP contribution in [-0.4, -0.2) is 6.54 Å². The van der Waals surface area contributed by atoms with E-state index < -0.39 is 0 Å². The first-order chi connectivity index (χ1) is 8.31. The van der Waals surface area contributed by atoms with Crippen LogP contribution in [0.3, 0.4) is 0 Å². The van der Waals surface area contributed by atoms with Gasteiger partial charge in [-0.1, -0.05) is 35.9 Å². The zero-order chi connectivity index (χ0) is 12.1. The molecule has 0 heterocycles. The molecule has 2 aromatic carbocycles. The first-order valence-electron chi connectivity index (χ1n) is 5.57. The summed E-state index contributed by atoms with van der Waals surface area (Å²) >= 11 is 0. The van der Waals surface area contributed by atoms with Crippen LogP contribution < -0.4 is 4.90 Å². The molecule has 2 rings (SSSR count). The number of nitrogens with zero attached hydrogens (tertiary/aromatic N) is 2. The van der Waals surface area contributed by atoms with Crippen molar-refractivity contribution >= 4 is 11.4 Å². The van der Waals surface area contributed by atoms with E-state index in [-0.39, 0.29) is 0 Å². The summed E-state index contributed by atoms with van der Waals surface area (Å²) in [6.07, 6.45) is 0. The van der Waals surface area contributed by atoms with E-state index in [4.69, 9.17) is 5.26 Å². The molecule has 0 amide bonds. The van der Waals surface area contributed by atoms with Gasteiger partial charge in [0.1, 0.15) is 6.54 Å². The van der Waals surface area contributed by atoms with Gasteiger partial charge in [-0.15, -0.1) is 0 Å². The number of rotatable bonds is 3. The van der Waals surface area contributed by atoms with Gasteiger partial charge in [-0.3, -0.25) is 0 Å². The molecule has 0 spiro atoms. The molecule has 0 aliphatic carbocycles. The van der Waals surface area contributed by atoms with Crippen molar-refractivity contribution in [3.05, 3.63) is 60.2 Å². The smallest absolute Gasteiger partial charge is 0.110 e. The Hall–Kier alpha value is -2.27. The van der Waals surface area contributed by atoms with Crippen molar-refractivity contribution in [1.29, 1.82) is 5.26 Å². The van der Waals surface area contributed by atoms with Gasteiger partial charge in [0, 0.05) is 11.4 Å². The summed E-state index contributed by atoms with van der Waals surface area (Å²) in [5.74, 6) is 0. The van der Waals surface area contributed by atoms with Gasteiger partial charge in [-0.2, -0.15) is 5.26 Å². The fraction of sp³-hybridized carbons (Fsp3) is 0.133. The number of anilines is 2. The van der Waals surface area contributed by atoms with Gasteiger partial charge in [0.05, 0.1) is 6.07 Å². The molecule has 0 unspecified atom stereocenters. The van der Waals surface area contributed by atoms with Crippen LogP contribution in [0.1, 0.15) is 5.56 Å². The summed E-state index contributed by atoms with van der Waals surface area (Å²) in [5.41, 5.74) is 3.31. The lowest BCUT2D eigenvalue weighted by atomic mass is 10.2. The Bertz CT molecular complexity index is 509. The summed E-state index contributed by atoms with van der Waals surface area (Å²) in [6.45, 7) is 2.41. The maximum Gasteiger partial charge on any atom is 0.110 e. The minimum atomic E-state index is 0.354. The average Bonchev–Trinajstić information content (AvgIpc) is 2.38. The molecule has 0 saturated heterocycles. The van der Waals surface area contributed by atoms with Crippen molar-refractivity contribution in [2.75, 3.05) is 11.4 Å². The van der Waals surface area contributed by atoms with Crippen LogP contribution in [0.4, 0.5) is 11.4 Å². The number of hydrogen-bond acceptors (Lipinski definition) is 2. The molecule has 0 fully saturated rings. The lowest BCUT2D eigenvalue weighted by Crippen LogP contribution is -2.16. The zero-order valence-electron chi connectivity index (χ0n) is 9.80. The predicted octanol–water partition coefficient (Wildman–Crippen LogP) is 3.66. The second kappa shape index (κ2) is 5.18. The van der Waals surface area contributed by atoms with Crippen molar-refractivity contribution in [2.24, 2.45) is 0 Å². The van der Waals surface area contributed by atoms with E-state index in [1.165, 1.54) is 5.56 Å². The van der Waals surface area contributed by atoms with Crippen LogP contribution in [0.15, 0.2) is 54.6 Å². The van der Waals surface area contributed by atoms with Crippen LogP contribution in [0.5, 0.6) is 0 Å². The SMILES string of the molecule is Cc1ccc(N(CC#N)c2ccccc2)cc1. The molecule has 0 aliphatic heterocycles. The topological polar surface area (TPSA) is 27.0 Å². The van der Waals surface area contributed by atoms with Crippen LogP contribution in [0.2, 0.25) is 0 Å². The summed E-state index contributed by atoms with van der Waals surface area (Å²) in [5, 5.41) is 8.92. The fourth-order valence-electron chi connectivity index (χ4n) is 1.74. The molecule has 0 bridgehead atoms. The first-order valence-corrected chi connectivity index (χ1v) is 5.57. The second-order valence-electron chi connectivity index (χ2n) is 3.92. The molecule has 0 radical (unpaired) electrons. The maximum atomic E-state index is 8.92. The molecule has 0 aliphatic rings. The minimum Gasteiger partial charge on any atom is -0.328 e. The van der Waals surface area contributed by atoms with Crippen LogP contribution in [0.25, 0.3) is 0 Å². The Labute approximate surface area is 102 Å². The highest BCUT2D eigenvalue weighted by molar-refractivity contribution is 5.64. The Balaban J connectivity index is 2.36. The third kappa shape index (κ3) is 2.64. The van der Waals surface area contributed by atoms with E-state index in [0.29, 0.717) is 6.54 Å². The van der Waals surface area contributed by atoms with Crippen LogP contribution >= 0.6 is 0 Å². The van der Waals surface area contributed by atoms with Gasteiger partial charge in [0.15, 0.2) is 0 Å². The summed E-state index contributed by atoms with van der Waals surface area (Å²) in [4.78, 5) is 2.00. The molecule has 84 valence electrons. The van der Waals surface area contributed by atoms with Gasteiger partial charge < -0.3 is 4.90 Å². The highest BCUT2D eigenvalue weighted by atomic mass is 15.1. The highest BCUT2D eigenvalue weighted by Gasteiger charge is 2.07. The summed E-state index contributed by atoms with van der Waals surface area (Å²) in [6, 6.07) is 20.4. The molecule has 2 nitrogen and oxygen atoms in total. The van der Waals surface area contributed by atoms with Gasteiger partial charge in [0.25, 0.3) is 0 Å². The van der Waals surface area contributed by atoms with Gasteiger partial charge >= 0.3 is 0 Å². The van der Waals surface area contributed by atoms with E-state index in [0.717, 1.165) is 11.4 Å². The Morgan fingerprint density at radius 2 is 1.53 bits per heavy atom. The van der Waals surface area contributed by atoms with Gasteiger partial charge in [-0.05, 0) is 31.2 Å². The lowest BCUT2D eigenvalue weighted by molar-refractivity contribution is 1.10. The van der Waals surface area contributed by atoms with E-state index >= 15 is 0 Å². The van der Waals surface area contributed by atoms with E-state index in [1.54, 1.807) is 0 Å². The zero-order valence-corrected chi connectivity index (χ0v) is 9.80. The summed E-state index contributed by atoms with van der Waals surface area (Å²) in [7, 11) is 0. The van der Waals surface area contributed by atoms with Crippen molar-refractivity contribution in [3.63, 3.8) is 0 Å². The standard InChI is InChI=1S/C15H14N2/c1-13-7-9-15(10-8-13)17(12-11-16)14-5-3-2-4-6-14/h2-10H,12H2,1H3. The van der Waals surface area contributed by atoms with Crippen molar-refractivity contribution in [1.82, 2.24) is 0 Å². The number of para-hydroxylation sites is 1. The predicted molar refractivity (Wildman–Crippen MR) is 70.2 cm³/mol. The Kier molecular flexibility index (Phi) is 3.42. The quantitative estimate of drug-likeness (QED) is 0.741. The third-order valence-electron chi connectivity index (χ3n) is 2.64. The largest absolute Gasteiger partial charge is 0.328 e. The molecule has 17 heavy (non-hydrogen) atoms. The Morgan fingerprint density at radius 3 is 2.12 bits per heavy atom. The summed E-state index contributed by atoms with van der Waals surface area (Å²) < 4.78 is 0. The molecule has 0 aromatic heterocycles. The van der Waals surface area contributed by atoms with Crippen LogP contribution in [0, 0.1) is 18.3 Å².